The van der Waals surface area contributed by atoms with Crippen molar-refractivity contribution in [2.45, 2.75) is 0 Å². The second-order valence-corrected chi connectivity index (χ2v) is 4.00. The van der Waals surface area contributed by atoms with E-state index in [4.69, 9.17) is 25.2 Å². The summed E-state index contributed by atoms with van der Waals surface area (Å²) in [5.41, 5.74) is 5.80. The van der Waals surface area contributed by atoms with Crippen LogP contribution < -0.4 is 19.9 Å². The Morgan fingerprint density at radius 1 is 1.10 bits per heavy atom. The number of ether oxygens (including phenoxy) is 3. The maximum absolute atomic E-state index is 8.65. The maximum atomic E-state index is 8.65. The predicted octanol–water partition coefficient (Wildman–Crippen LogP) is 1.99. The molecular formula is C14H15N3O4. The minimum absolute atomic E-state index is 0.0938. The predicted molar refractivity (Wildman–Crippen MR) is 76.4 cm³/mol. The van der Waals surface area contributed by atoms with E-state index < -0.39 is 0 Å². The molecule has 7 heteroatoms. The second kappa shape index (κ2) is 6.47. The van der Waals surface area contributed by atoms with Crippen LogP contribution in [0, 0.1) is 0 Å². The van der Waals surface area contributed by atoms with Gasteiger partial charge in [0.05, 0.1) is 14.2 Å². The Bertz CT molecular complexity index is 636. The van der Waals surface area contributed by atoms with Crippen molar-refractivity contribution in [3.63, 3.8) is 0 Å². The molecule has 0 saturated carbocycles. The van der Waals surface area contributed by atoms with Gasteiger partial charge in [-0.15, -0.1) is 0 Å². The summed E-state index contributed by atoms with van der Waals surface area (Å²) in [5.74, 6) is 1.89. The smallest absolute Gasteiger partial charge is 0.219 e. The van der Waals surface area contributed by atoms with Crippen molar-refractivity contribution in [3.8, 4) is 23.1 Å². The molecule has 0 spiro atoms. The molecule has 0 fully saturated rings. The molecule has 21 heavy (non-hydrogen) atoms. The molecule has 1 aromatic carbocycles. The van der Waals surface area contributed by atoms with Crippen molar-refractivity contribution >= 4 is 5.84 Å². The molecule has 1 heterocycles. The summed E-state index contributed by atoms with van der Waals surface area (Å²) in [6.07, 6.45) is 0. The van der Waals surface area contributed by atoms with Crippen molar-refractivity contribution in [1.82, 2.24) is 4.98 Å². The first-order valence-corrected chi connectivity index (χ1v) is 6.02. The van der Waals surface area contributed by atoms with Crippen LogP contribution in [0.5, 0.6) is 23.1 Å². The van der Waals surface area contributed by atoms with E-state index in [2.05, 4.69) is 10.1 Å². The highest BCUT2D eigenvalue weighted by atomic mass is 16.5. The first kappa shape index (κ1) is 14.4. The van der Waals surface area contributed by atoms with Gasteiger partial charge in [-0.05, 0) is 6.07 Å². The summed E-state index contributed by atoms with van der Waals surface area (Å²) < 4.78 is 16.0. The minimum atomic E-state index is -0.0938. The van der Waals surface area contributed by atoms with Gasteiger partial charge in [-0.2, -0.15) is 0 Å². The van der Waals surface area contributed by atoms with Gasteiger partial charge >= 0.3 is 0 Å². The Hall–Kier alpha value is -2.96. The van der Waals surface area contributed by atoms with Crippen molar-refractivity contribution in [2.24, 2.45) is 10.9 Å². The number of aromatic nitrogens is 1. The lowest BCUT2D eigenvalue weighted by Crippen LogP contribution is -2.14. The molecule has 0 aliphatic rings. The zero-order chi connectivity index (χ0) is 15.2. The number of amidine groups is 1. The Kier molecular flexibility index (Phi) is 4.45. The Morgan fingerprint density at radius 2 is 1.71 bits per heavy atom. The highest BCUT2D eigenvalue weighted by Crippen LogP contribution is 2.30. The number of hydrogen-bond acceptors (Lipinski definition) is 6. The van der Waals surface area contributed by atoms with Gasteiger partial charge < -0.3 is 25.2 Å². The monoisotopic (exact) mass is 289 g/mol. The van der Waals surface area contributed by atoms with E-state index in [0.717, 1.165) is 0 Å². The van der Waals surface area contributed by atoms with Crippen LogP contribution in [0.15, 0.2) is 41.6 Å². The molecule has 7 nitrogen and oxygen atoms in total. The Labute approximate surface area is 121 Å². The molecule has 0 aliphatic heterocycles. The normalized spacial score (nSPS) is 11.0. The number of rotatable bonds is 5. The van der Waals surface area contributed by atoms with Crippen LogP contribution in [0.2, 0.25) is 0 Å². The summed E-state index contributed by atoms with van der Waals surface area (Å²) in [4.78, 5) is 4.13. The van der Waals surface area contributed by atoms with E-state index in [1.807, 2.05) is 0 Å². The Morgan fingerprint density at radius 3 is 2.29 bits per heavy atom. The number of hydrogen-bond donors (Lipinski definition) is 2. The number of pyridine rings is 1. The highest BCUT2D eigenvalue weighted by molar-refractivity contribution is 5.95. The van der Waals surface area contributed by atoms with E-state index in [-0.39, 0.29) is 5.84 Å². The summed E-state index contributed by atoms with van der Waals surface area (Å²) in [7, 11) is 3.10. The minimum Gasteiger partial charge on any atom is -0.496 e. The van der Waals surface area contributed by atoms with Crippen molar-refractivity contribution in [3.05, 3.63) is 42.1 Å². The maximum Gasteiger partial charge on any atom is 0.219 e. The fourth-order valence-corrected chi connectivity index (χ4v) is 1.63. The zero-order valence-electron chi connectivity index (χ0n) is 11.6. The third-order valence-electron chi connectivity index (χ3n) is 2.64. The summed E-state index contributed by atoms with van der Waals surface area (Å²) in [5, 5.41) is 11.6. The molecule has 0 bridgehead atoms. The SMILES string of the molecule is COc1cc(OC)cc(Oc2cccc(C(N)=NO)n2)c1. The summed E-state index contributed by atoms with van der Waals surface area (Å²) >= 11 is 0. The van der Waals surface area contributed by atoms with Crippen LogP contribution >= 0.6 is 0 Å². The number of nitrogens with two attached hydrogens (primary N) is 1. The van der Waals surface area contributed by atoms with Gasteiger partial charge in [0.1, 0.15) is 22.9 Å². The Balaban J connectivity index is 2.29. The summed E-state index contributed by atoms with van der Waals surface area (Å²) in [6, 6.07) is 10.1. The van der Waals surface area contributed by atoms with Crippen LogP contribution in [0.25, 0.3) is 0 Å². The largest absolute Gasteiger partial charge is 0.496 e. The lowest BCUT2D eigenvalue weighted by atomic mass is 10.3. The third kappa shape index (κ3) is 3.53. The molecule has 1 aromatic heterocycles. The molecule has 0 aliphatic carbocycles. The highest BCUT2D eigenvalue weighted by Gasteiger charge is 2.07. The number of benzene rings is 1. The van der Waals surface area contributed by atoms with Gasteiger partial charge in [0.25, 0.3) is 0 Å². The number of methoxy groups -OCH3 is 2. The lowest BCUT2D eigenvalue weighted by molar-refractivity contribution is 0.318. The molecule has 0 unspecified atom stereocenters. The zero-order valence-corrected chi connectivity index (χ0v) is 11.6. The van der Waals surface area contributed by atoms with Gasteiger partial charge in [0, 0.05) is 24.3 Å². The quantitative estimate of drug-likeness (QED) is 0.378. The van der Waals surface area contributed by atoms with E-state index in [1.165, 1.54) is 0 Å². The second-order valence-electron chi connectivity index (χ2n) is 4.00. The van der Waals surface area contributed by atoms with Crippen LogP contribution in [0.4, 0.5) is 0 Å². The van der Waals surface area contributed by atoms with E-state index in [0.29, 0.717) is 28.8 Å². The van der Waals surface area contributed by atoms with E-state index >= 15 is 0 Å². The van der Waals surface area contributed by atoms with Crippen LogP contribution in [0.3, 0.4) is 0 Å². The first-order chi connectivity index (χ1) is 10.2. The van der Waals surface area contributed by atoms with Gasteiger partial charge in [-0.25, -0.2) is 4.98 Å². The fraction of sp³-hybridized carbons (Fsp3) is 0.143. The molecule has 0 atom stereocenters. The van der Waals surface area contributed by atoms with E-state index in [9.17, 15) is 0 Å². The molecule has 2 rings (SSSR count). The molecular weight excluding hydrogens is 274 g/mol. The molecule has 0 radical (unpaired) electrons. The molecule has 0 amide bonds. The molecule has 2 aromatic rings. The first-order valence-electron chi connectivity index (χ1n) is 6.02. The standard InChI is InChI=1S/C14H15N3O4/c1-19-9-6-10(20-2)8-11(7-9)21-13-5-3-4-12(16-13)14(15)17-18/h3-8,18H,1-2H3,(H2,15,17). The topological polar surface area (TPSA) is 99.2 Å². The van der Waals surface area contributed by atoms with Crippen molar-refractivity contribution < 1.29 is 19.4 Å². The third-order valence-corrected chi connectivity index (χ3v) is 2.64. The average Bonchev–Trinajstić information content (AvgIpc) is 2.53. The summed E-state index contributed by atoms with van der Waals surface area (Å²) in [6.45, 7) is 0. The molecule has 110 valence electrons. The molecule has 3 N–H and O–H groups in total. The average molecular weight is 289 g/mol. The van der Waals surface area contributed by atoms with Crippen LogP contribution in [0.1, 0.15) is 5.69 Å². The molecule has 0 saturated heterocycles. The van der Waals surface area contributed by atoms with Gasteiger partial charge in [-0.1, -0.05) is 11.2 Å². The van der Waals surface area contributed by atoms with Gasteiger partial charge in [0.15, 0.2) is 5.84 Å². The lowest BCUT2D eigenvalue weighted by Gasteiger charge is -2.10. The number of nitrogens with zero attached hydrogens (tertiary/aromatic N) is 2. The van der Waals surface area contributed by atoms with Crippen LogP contribution in [-0.2, 0) is 0 Å². The fourth-order valence-electron chi connectivity index (χ4n) is 1.63. The van der Waals surface area contributed by atoms with Crippen LogP contribution in [-0.4, -0.2) is 30.2 Å². The van der Waals surface area contributed by atoms with Crippen molar-refractivity contribution in [1.29, 1.82) is 0 Å². The van der Waals surface area contributed by atoms with Gasteiger partial charge in [0.2, 0.25) is 5.88 Å². The van der Waals surface area contributed by atoms with Crippen molar-refractivity contribution in [2.75, 3.05) is 14.2 Å². The number of oxime groups is 1. The van der Waals surface area contributed by atoms with Gasteiger partial charge in [-0.3, -0.25) is 0 Å². The van der Waals surface area contributed by atoms with E-state index in [1.54, 1.807) is 50.6 Å².